The van der Waals surface area contributed by atoms with Crippen LogP contribution in [0, 0.1) is 6.92 Å². The zero-order chi connectivity index (χ0) is 13.0. The van der Waals surface area contributed by atoms with Crippen molar-refractivity contribution in [2.45, 2.75) is 19.9 Å². The number of aromatic nitrogens is 1. The fourth-order valence-corrected chi connectivity index (χ4v) is 2.53. The van der Waals surface area contributed by atoms with Crippen molar-refractivity contribution in [2.24, 2.45) is 0 Å². The van der Waals surface area contributed by atoms with E-state index in [9.17, 15) is 0 Å². The first-order chi connectivity index (χ1) is 8.69. The number of anilines is 1. The van der Waals surface area contributed by atoms with E-state index in [4.69, 9.17) is 4.74 Å². The molecular weight excluding hydrogens is 244 g/mol. The minimum absolute atomic E-state index is 0.270. The maximum absolute atomic E-state index is 5.09. The molecule has 3 nitrogen and oxygen atoms in total. The second kappa shape index (κ2) is 5.98. The van der Waals surface area contributed by atoms with Gasteiger partial charge in [0, 0.05) is 24.1 Å². The van der Waals surface area contributed by atoms with Crippen molar-refractivity contribution in [3.05, 3.63) is 35.2 Å². The largest absolute Gasteiger partial charge is 0.383 e. The number of thiazole rings is 1. The zero-order valence-electron chi connectivity index (χ0n) is 10.9. The number of benzene rings is 1. The van der Waals surface area contributed by atoms with Gasteiger partial charge in [-0.2, -0.15) is 0 Å². The maximum atomic E-state index is 5.09. The quantitative estimate of drug-likeness (QED) is 0.894. The summed E-state index contributed by atoms with van der Waals surface area (Å²) in [6.07, 6.45) is 0. The Kier molecular flexibility index (Phi) is 4.33. The van der Waals surface area contributed by atoms with Gasteiger partial charge in [0.1, 0.15) is 0 Å². The molecule has 0 radical (unpaired) electrons. The standard InChI is InChI=1S/C14H18N2OS/c1-10-4-6-12(7-5-10)13-9-18-14(16-13)15-11(2)8-17-3/h4-7,9,11H,8H2,1-3H3,(H,15,16). The second-order valence-corrected chi connectivity index (χ2v) is 5.26. The molecule has 1 unspecified atom stereocenters. The predicted molar refractivity (Wildman–Crippen MR) is 77.2 cm³/mol. The molecule has 0 saturated heterocycles. The summed E-state index contributed by atoms with van der Waals surface area (Å²) in [5.41, 5.74) is 3.44. The maximum Gasteiger partial charge on any atom is 0.183 e. The molecule has 0 spiro atoms. The van der Waals surface area contributed by atoms with Crippen LogP contribution in [0.5, 0.6) is 0 Å². The van der Waals surface area contributed by atoms with Crippen LogP contribution in [0.1, 0.15) is 12.5 Å². The van der Waals surface area contributed by atoms with E-state index in [1.165, 1.54) is 5.56 Å². The van der Waals surface area contributed by atoms with Crippen molar-refractivity contribution >= 4 is 16.5 Å². The van der Waals surface area contributed by atoms with E-state index in [1.54, 1.807) is 18.4 Å². The molecule has 18 heavy (non-hydrogen) atoms. The minimum atomic E-state index is 0.270. The van der Waals surface area contributed by atoms with Gasteiger partial charge in [-0.1, -0.05) is 29.8 Å². The van der Waals surface area contributed by atoms with Crippen LogP contribution in [0.25, 0.3) is 11.3 Å². The Balaban J connectivity index is 2.08. The molecule has 0 aliphatic heterocycles. The summed E-state index contributed by atoms with van der Waals surface area (Å²) in [7, 11) is 1.71. The average Bonchev–Trinajstić information content (AvgIpc) is 2.78. The zero-order valence-corrected chi connectivity index (χ0v) is 11.8. The average molecular weight is 262 g/mol. The molecule has 2 rings (SSSR count). The van der Waals surface area contributed by atoms with Crippen molar-refractivity contribution in [1.29, 1.82) is 0 Å². The van der Waals surface area contributed by atoms with Crippen LogP contribution in [0.3, 0.4) is 0 Å². The Hall–Kier alpha value is -1.39. The number of methoxy groups -OCH3 is 1. The number of nitrogens with one attached hydrogen (secondary N) is 1. The molecule has 0 amide bonds. The molecule has 0 aliphatic carbocycles. The van der Waals surface area contributed by atoms with E-state index in [1.807, 2.05) is 0 Å². The summed E-state index contributed by atoms with van der Waals surface area (Å²) in [4.78, 5) is 4.58. The van der Waals surface area contributed by atoms with Crippen molar-refractivity contribution in [3.63, 3.8) is 0 Å². The van der Waals surface area contributed by atoms with Crippen molar-refractivity contribution < 1.29 is 4.74 Å². The van der Waals surface area contributed by atoms with E-state index in [0.717, 1.165) is 16.4 Å². The lowest BCUT2D eigenvalue weighted by Gasteiger charge is -2.10. The Labute approximate surface area is 112 Å². The summed E-state index contributed by atoms with van der Waals surface area (Å²) in [5, 5.41) is 6.34. The SMILES string of the molecule is COCC(C)Nc1nc(-c2ccc(C)cc2)cs1. The molecular formula is C14H18N2OS. The third-order valence-corrected chi connectivity index (χ3v) is 3.41. The lowest BCUT2D eigenvalue weighted by atomic mass is 10.1. The van der Waals surface area contributed by atoms with Crippen LogP contribution >= 0.6 is 11.3 Å². The van der Waals surface area contributed by atoms with Gasteiger partial charge in [0.05, 0.1) is 12.3 Å². The highest BCUT2D eigenvalue weighted by Gasteiger charge is 2.07. The molecule has 96 valence electrons. The number of hydrogen-bond acceptors (Lipinski definition) is 4. The van der Waals surface area contributed by atoms with Gasteiger partial charge >= 0.3 is 0 Å². The van der Waals surface area contributed by atoms with Crippen molar-refractivity contribution in [2.75, 3.05) is 19.0 Å². The van der Waals surface area contributed by atoms with Gasteiger partial charge < -0.3 is 10.1 Å². The fraction of sp³-hybridized carbons (Fsp3) is 0.357. The Morgan fingerprint density at radius 1 is 1.33 bits per heavy atom. The number of rotatable bonds is 5. The first-order valence-corrected chi connectivity index (χ1v) is 6.85. The molecule has 0 saturated carbocycles. The summed E-state index contributed by atoms with van der Waals surface area (Å²) in [6.45, 7) is 4.85. The molecule has 1 atom stereocenters. The summed E-state index contributed by atoms with van der Waals surface area (Å²) in [6, 6.07) is 8.69. The van der Waals surface area contributed by atoms with E-state index in [-0.39, 0.29) is 6.04 Å². The number of nitrogens with zero attached hydrogens (tertiary/aromatic N) is 1. The highest BCUT2D eigenvalue weighted by atomic mass is 32.1. The molecule has 1 aromatic carbocycles. The van der Waals surface area contributed by atoms with Gasteiger partial charge in [-0.3, -0.25) is 0 Å². The molecule has 0 fully saturated rings. The molecule has 0 aliphatic rings. The van der Waals surface area contributed by atoms with Gasteiger partial charge in [-0.05, 0) is 13.8 Å². The van der Waals surface area contributed by atoms with Gasteiger partial charge in [0.2, 0.25) is 0 Å². The van der Waals surface area contributed by atoms with Gasteiger partial charge in [0.25, 0.3) is 0 Å². The molecule has 1 aromatic heterocycles. The molecule has 1 heterocycles. The van der Waals surface area contributed by atoms with Crippen LogP contribution < -0.4 is 5.32 Å². The first-order valence-electron chi connectivity index (χ1n) is 5.97. The van der Waals surface area contributed by atoms with E-state index >= 15 is 0 Å². The minimum Gasteiger partial charge on any atom is -0.383 e. The van der Waals surface area contributed by atoms with Crippen LogP contribution in [0.2, 0.25) is 0 Å². The number of aryl methyl sites for hydroxylation is 1. The third-order valence-electron chi connectivity index (χ3n) is 2.64. The highest BCUT2D eigenvalue weighted by Crippen LogP contribution is 2.25. The van der Waals surface area contributed by atoms with Crippen LogP contribution in [0.15, 0.2) is 29.6 Å². The lowest BCUT2D eigenvalue weighted by molar-refractivity contribution is 0.190. The second-order valence-electron chi connectivity index (χ2n) is 4.40. The topological polar surface area (TPSA) is 34.1 Å². The monoisotopic (exact) mass is 262 g/mol. The van der Waals surface area contributed by atoms with Crippen molar-refractivity contribution in [3.8, 4) is 11.3 Å². The number of hydrogen-bond donors (Lipinski definition) is 1. The highest BCUT2D eigenvalue weighted by molar-refractivity contribution is 7.14. The Morgan fingerprint density at radius 3 is 2.72 bits per heavy atom. The molecule has 0 bridgehead atoms. The van der Waals surface area contributed by atoms with E-state index in [0.29, 0.717) is 6.61 Å². The van der Waals surface area contributed by atoms with Crippen LogP contribution in [-0.2, 0) is 4.74 Å². The van der Waals surface area contributed by atoms with E-state index in [2.05, 4.69) is 53.8 Å². The summed E-state index contributed by atoms with van der Waals surface area (Å²) < 4.78 is 5.09. The Morgan fingerprint density at radius 2 is 2.06 bits per heavy atom. The summed E-state index contributed by atoms with van der Waals surface area (Å²) >= 11 is 1.62. The molecule has 2 aromatic rings. The third kappa shape index (κ3) is 3.31. The van der Waals surface area contributed by atoms with Gasteiger partial charge in [0.15, 0.2) is 5.13 Å². The van der Waals surface area contributed by atoms with Gasteiger partial charge in [-0.15, -0.1) is 11.3 Å². The Bertz CT molecular complexity index is 493. The summed E-state index contributed by atoms with van der Waals surface area (Å²) in [5.74, 6) is 0. The number of ether oxygens (including phenoxy) is 1. The lowest BCUT2D eigenvalue weighted by Crippen LogP contribution is -2.20. The van der Waals surface area contributed by atoms with Crippen molar-refractivity contribution in [1.82, 2.24) is 4.98 Å². The van der Waals surface area contributed by atoms with Crippen LogP contribution in [0.4, 0.5) is 5.13 Å². The van der Waals surface area contributed by atoms with Crippen LogP contribution in [-0.4, -0.2) is 24.7 Å². The first kappa shape index (κ1) is 13.1. The molecule has 1 N–H and O–H groups in total. The normalized spacial score (nSPS) is 12.4. The smallest absolute Gasteiger partial charge is 0.183 e. The predicted octanol–water partition coefficient (Wildman–Crippen LogP) is 3.57. The van der Waals surface area contributed by atoms with E-state index < -0.39 is 0 Å². The van der Waals surface area contributed by atoms with Gasteiger partial charge in [-0.25, -0.2) is 4.98 Å². The fourth-order valence-electron chi connectivity index (χ4n) is 1.70. The molecule has 4 heteroatoms.